The van der Waals surface area contributed by atoms with E-state index in [1.165, 1.54) is 23.5 Å². The standard InChI is InChI=1S/C13H12F3N3O2S/c14-5-9(18-12(21)11(15)16)10(20)7-1-3-8(4-2-7)13-19-17-6-22-13/h1-4,6,9-11,20H,5H2,(H,18,21). The van der Waals surface area contributed by atoms with E-state index < -0.39 is 31.2 Å². The van der Waals surface area contributed by atoms with E-state index in [4.69, 9.17) is 0 Å². The number of aromatic nitrogens is 2. The number of nitrogens with zero attached hydrogens (tertiary/aromatic N) is 2. The molecular formula is C13H12F3N3O2S. The van der Waals surface area contributed by atoms with Crippen molar-refractivity contribution in [3.63, 3.8) is 0 Å². The van der Waals surface area contributed by atoms with Crippen LogP contribution in [0.3, 0.4) is 0 Å². The Hall–Kier alpha value is -2.00. The summed E-state index contributed by atoms with van der Waals surface area (Å²) in [5, 5.41) is 20.0. The Morgan fingerprint density at radius 3 is 2.50 bits per heavy atom. The van der Waals surface area contributed by atoms with Gasteiger partial charge in [-0.3, -0.25) is 4.79 Å². The molecule has 5 nitrogen and oxygen atoms in total. The average molecular weight is 331 g/mol. The third-order valence-corrected chi connectivity index (χ3v) is 3.67. The summed E-state index contributed by atoms with van der Waals surface area (Å²) in [5.41, 5.74) is 2.62. The molecule has 9 heteroatoms. The van der Waals surface area contributed by atoms with Crippen molar-refractivity contribution in [2.45, 2.75) is 18.6 Å². The Labute approximate surface area is 127 Å². The zero-order chi connectivity index (χ0) is 16.1. The van der Waals surface area contributed by atoms with Crippen LogP contribution in [-0.4, -0.2) is 40.4 Å². The summed E-state index contributed by atoms with van der Waals surface area (Å²) in [5.74, 6) is -1.62. The van der Waals surface area contributed by atoms with Crippen LogP contribution in [0.4, 0.5) is 13.2 Å². The minimum absolute atomic E-state index is 0.297. The Kier molecular flexibility index (Phi) is 5.45. The van der Waals surface area contributed by atoms with Crippen LogP contribution >= 0.6 is 11.3 Å². The van der Waals surface area contributed by atoms with Gasteiger partial charge in [-0.05, 0) is 5.56 Å². The van der Waals surface area contributed by atoms with Gasteiger partial charge in [0.15, 0.2) is 0 Å². The Morgan fingerprint density at radius 2 is 2.00 bits per heavy atom. The van der Waals surface area contributed by atoms with E-state index in [1.54, 1.807) is 23.0 Å². The largest absolute Gasteiger partial charge is 0.386 e. The van der Waals surface area contributed by atoms with Crippen molar-refractivity contribution in [3.05, 3.63) is 35.3 Å². The lowest BCUT2D eigenvalue weighted by atomic mass is 10.0. The number of alkyl halides is 3. The molecule has 0 bridgehead atoms. The van der Waals surface area contributed by atoms with Gasteiger partial charge in [-0.15, -0.1) is 10.2 Å². The number of hydrogen-bond donors (Lipinski definition) is 2. The molecule has 0 saturated carbocycles. The highest BCUT2D eigenvalue weighted by atomic mass is 32.1. The van der Waals surface area contributed by atoms with Crippen molar-refractivity contribution in [2.75, 3.05) is 6.67 Å². The molecule has 2 unspecified atom stereocenters. The number of carbonyl (C=O) groups is 1. The van der Waals surface area contributed by atoms with Crippen LogP contribution in [-0.2, 0) is 4.79 Å². The number of hydrogen-bond acceptors (Lipinski definition) is 5. The number of nitrogens with one attached hydrogen (secondary N) is 1. The number of amides is 1. The van der Waals surface area contributed by atoms with E-state index in [1.807, 2.05) is 0 Å². The predicted octanol–water partition coefficient (Wildman–Crippen LogP) is 1.96. The van der Waals surface area contributed by atoms with E-state index >= 15 is 0 Å². The SMILES string of the molecule is O=C(NC(CF)C(O)c1ccc(-c2nncs2)cc1)C(F)F. The van der Waals surface area contributed by atoms with Gasteiger partial charge < -0.3 is 10.4 Å². The summed E-state index contributed by atoms with van der Waals surface area (Å²) in [7, 11) is 0. The van der Waals surface area contributed by atoms with Crippen LogP contribution in [0.5, 0.6) is 0 Å². The third-order valence-electron chi connectivity index (χ3n) is 2.93. The molecule has 2 atom stereocenters. The van der Waals surface area contributed by atoms with Crippen molar-refractivity contribution in [1.82, 2.24) is 15.5 Å². The fraction of sp³-hybridized carbons (Fsp3) is 0.308. The normalized spacial score (nSPS) is 13.9. The molecule has 0 aliphatic rings. The van der Waals surface area contributed by atoms with Crippen molar-refractivity contribution in [1.29, 1.82) is 0 Å². The molecule has 1 amide bonds. The van der Waals surface area contributed by atoms with Gasteiger partial charge >= 0.3 is 6.43 Å². The van der Waals surface area contributed by atoms with Crippen LogP contribution in [0, 0.1) is 0 Å². The first-order valence-electron chi connectivity index (χ1n) is 6.22. The summed E-state index contributed by atoms with van der Waals surface area (Å²) in [6.45, 7) is -1.17. The van der Waals surface area contributed by atoms with Crippen molar-refractivity contribution in [3.8, 4) is 10.6 Å². The van der Waals surface area contributed by atoms with Gasteiger partial charge in [0.2, 0.25) is 0 Å². The second-order valence-electron chi connectivity index (χ2n) is 4.38. The molecule has 2 aromatic rings. The van der Waals surface area contributed by atoms with E-state index in [2.05, 4.69) is 10.2 Å². The summed E-state index contributed by atoms with van der Waals surface area (Å²) in [6.07, 6.45) is -4.70. The van der Waals surface area contributed by atoms with Gasteiger partial charge in [-0.25, -0.2) is 4.39 Å². The van der Waals surface area contributed by atoms with E-state index in [-0.39, 0.29) is 0 Å². The lowest BCUT2D eigenvalue weighted by Crippen LogP contribution is -2.43. The highest BCUT2D eigenvalue weighted by molar-refractivity contribution is 7.12. The molecule has 0 saturated heterocycles. The average Bonchev–Trinajstić information content (AvgIpc) is 3.06. The van der Waals surface area contributed by atoms with E-state index in [0.717, 1.165) is 5.56 Å². The van der Waals surface area contributed by atoms with Crippen LogP contribution in [0.15, 0.2) is 29.8 Å². The molecule has 1 aromatic carbocycles. The van der Waals surface area contributed by atoms with Crippen molar-refractivity contribution < 1.29 is 23.1 Å². The highest BCUT2D eigenvalue weighted by Crippen LogP contribution is 2.24. The number of rotatable bonds is 6. The maximum absolute atomic E-state index is 12.9. The van der Waals surface area contributed by atoms with Crippen LogP contribution in [0.1, 0.15) is 11.7 Å². The van der Waals surface area contributed by atoms with Crippen LogP contribution in [0.2, 0.25) is 0 Å². The first kappa shape index (κ1) is 16.4. The van der Waals surface area contributed by atoms with E-state index in [9.17, 15) is 23.1 Å². The molecule has 0 fully saturated rings. The lowest BCUT2D eigenvalue weighted by Gasteiger charge is -2.21. The van der Waals surface area contributed by atoms with Gasteiger partial charge in [-0.1, -0.05) is 35.6 Å². The number of aliphatic hydroxyl groups excluding tert-OH is 1. The van der Waals surface area contributed by atoms with Gasteiger partial charge in [0.25, 0.3) is 5.91 Å². The Morgan fingerprint density at radius 1 is 1.32 bits per heavy atom. The summed E-state index contributed by atoms with van der Waals surface area (Å²) < 4.78 is 37.2. The molecule has 0 radical (unpaired) electrons. The molecule has 118 valence electrons. The maximum atomic E-state index is 12.9. The summed E-state index contributed by atoms with van der Waals surface area (Å²) in [6, 6.07) is 4.87. The quantitative estimate of drug-likeness (QED) is 0.848. The molecule has 0 spiro atoms. The molecular weight excluding hydrogens is 319 g/mol. The topological polar surface area (TPSA) is 75.1 Å². The second kappa shape index (κ2) is 7.32. The molecule has 2 N–H and O–H groups in total. The number of carbonyl (C=O) groups excluding carboxylic acids is 1. The zero-order valence-corrected chi connectivity index (χ0v) is 11.9. The van der Waals surface area contributed by atoms with Crippen LogP contribution in [0.25, 0.3) is 10.6 Å². The highest BCUT2D eigenvalue weighted by Gasteiger charge is 2.26. The second-order valence-corrected chi connectivity index (χ2v) is 5.21. The molecule has 1 aromatic heterocycles. The minimum atomic E-state index is -3.26. The first-order valence-corrected chi connectivity index (χ1v) is 7.10. The molecule has 2 rings (SSSR count). The Balaban J connectivity index is 2.10. The zero-order valence-electron chi connectivity index (χ0n) is 11.1. The number of aliphatic hydroxyl groups is 1. The smallest absolute Gasteiger partial charge is 0.315 e. The first-order chi connectivity index (χ1) is 10.5. The van der Waals surface area contributed by atoms with E-state index in [0.29, 0.717) is 10.6 Å². The number of benzene rings is 1. The van der Waals surface area contributed by atoms with Gasteiger partial charge in [0, 0.05) is 5.56 Å². The number of halogens is 3. The monoisotopic (exact) mass is 331 g/mol. The Bertz CT molecular complexity index is 608. The predicted molar refractivity (Wildman–Crippen MR) is 74.2 cm³/mol. The fourth-order valence-electron chi connectivity index (χ4n) is 1.80. The van der Waals surface area contributed by atoms with Gasteiger partial charge in [0.1, 0.15) is 23.3 Å². The van der Waals surface area contributed by atoms with Crippen LogP contribution < -0.4 is 5.32 Å². The molecule has 1 heterocycles. The van der Waals surface area contributed by atoms with Crippen molar-refractivity contribution >= 4 is 17.2 Å². The summed E-state index contributed by atoms with van der Waals surface area (Å²) in [4.78, 5) is 10.9. The maximum Gasteiger partial charge on any atom is 0.315 e. The molecule has 22 heavy (non-hydrogen) atoms. The molecule has 0 aliphatic heterocycles. The fourth-order valence-corrected chi connectivity index (χ4v) is 2.36. The third kappa shape index (κ3) is 3.80. The van der Waals surface area contributed by atoms with Gasteiger partial charge in [0.05, 0.1) is 6.04 Å². The minimum Gasteiger partial charge on any atom is -0.386 e. The summed E-state index contributed by atoms with van der Waals surface area (Å²) >= 11 is 1.33. The van der Waals surface area contributed by atoms with Gasteiger partial charge in [-0.2, -0.15) is 8.78 Å². The van der Waals surface area contributed by atoms with Crippen molar-refractivity contribution in [2.24, 2.45) is 0 Å². The lowest BCUT2D eigenvalue weighted by molar-refractivity contribution is -0.133. The molecule has 0 aliphatic carbocycles.